The molecule has 3 rings (SSSR count). The van der Waals surface area contributed by atoms with E-state index < -0.39 is 0 Å². The minimum Gasteiger partial charge on any atom is -0.121 e. The average Bonchev–Trinajstić information content (AvgIpc) is 2.75. The van der Waals surface area contributed by atoms with Gasteiger partial charge in [0, 0.05) is 16.2 Å². The maximum Gasteiger partial charge on any atom is 0.0309 e. The van der Waals surface area contributed by atoms with E-state index in [4.69, 9.17) is 0 Å². The second-order valence-corrected chi connectivity index (χ2v) is 7.59. The molecule has 0 amide bonds. The van der Waals surface area contributed by atoms with E-state index in [0.29, 0.717) is 0 Å². The Morgan fingerprint density at radius 1 is 0.741 bits per heavy atom. The molecule has 0 aliphatic rings. The Morgan fingerprint density at radius 3 is 1.78 bits per heavy atom. The highest BCUT2D eigenvalue weighted by Gasteiger charge is 2.06. The first kappa shape index (κ1) is 19.3. The van der Waals surface area contributed by atoms with Crippen LogP contribution < -0.4 is 0 Å². The van der Waals surface area contributed by atoms with Crippen molar-refractivity contribution < 1.29 is 0 Å². The third-order valence-corrected chi connectivity index (χ3v) is 5.51. The molecule has 3 aromatic carbocycles. The van der Waals surface area contributed by atoms with Crippen LogP contribution in [0.3, 0.4) is 0 Å². The van der Waals surface area contributed by atoms with Crippen LogP contribution in [0.5, 0.6) is 0 Å². The molecule has 0 heterocycles. The predicted octanol–water partition coefficient (Wildman–Crippen LogP) is 7.63. The lowest BCUT2D eigenvalue weighted by Gasteiger charge is -2.09. The van der Waals surface area contributed by atoms with E-state index in [1.807, 2.05) is 11.8 Å². The van der Waals surface area contributed by atoms with Gasteiger partial charge in [-0.3, -0.25) is 0 Å². The molecule has 136 valence electrons. The van der Waals surface area contributed by atoms with Crippen molar-refractivity contribution in [3.05, 3.63) is 113 Å². The first-order valence-electron chi connectivity index (χ1n) is 9.64. The first-order chi connectivity index (χ1) is 13.4. The molecule has 0 atom stereocenters. The topological polar surface area (TPSA) is 0 Å². The van der Waals surface area contributed by atoms with Crippen LogP contribution >= 0.6 is 11.8 Å². The summed E-state index contributed by atoms with van der Waals surface area (Å²) in [7, 11) is 0. The molecule has 0 N–H and O–H groups in total. The summed E-state index contributed by atoms with van der Waals surface area (Å²) in [6, 6.07) is 31.9. The summed E-state index contributed by atoms with van der Waals surface area (Å²) in [4.78, 5) is 1.31. The SMILES string of the molecule is CCCCC(=C=C(c1ccccc1)c1ccccc1)CSc1ccccc1. The zero-order chi connectivity index (χ0) is 18.7. The lowest BCUT2D eigenvalue weighted by molar-refractivity contribution is 0.790. The number of hydrogen-bond acceptors (Lipinski definition) is 1. The maximum absolute atomic E-state index is 3.80. The number of rotatable bonds is 8. The van der Waals surface area contributed by atoms with E-state index >= 15 is 0 Å². The van der Waals surface area contributed by atoms with E-state index in [1.165, 1.54) is 40.0 Å². The summed E-state index contributed by atoms with van der Waals surface area (Å²) < 4.78 is 0. The summed E-state index contributed by atoms with van der Waals surface area (Å²) in [6.07, 6.45) is 3.50. The van der Waals surface area contributed by atoms with Crippen molar-refractivity contribution >= 4 is 17.3 Å². The third kappa shape index (κ3) is 6.03. The molecule has 0 saturated carbocycles. The summed E-state index contributed by atoms with van der Waals surface area (Å²) >= 11 is 1.90. The summed E-state index contributed by atoms with van der Waals surface area (Å²) in [5.41, 5.74) is 8.83. The molecule has 0 fully saturated rings. The fourth-order valence-electron chi connectivity index (χ4n) is 2.95. The molecule has 0 aliphatic carbocycles. The highest BCUT2D eigenvalue weighted by molar-refractivity contribution is 7.99. The zero-order valence-electron chi connectivity index (χ0n) is 15.9. The number of hydrogen-bond donors (Lipinski definition) is 0. The normalized spacial score (nSPS) is 10.3. The Balaban J connectivity index is 2.00. The van der Waals surface area contributed by atoms with Crippen LogP contribution in [0, 0.1) is 0 Å². The van der Waals surface area contributed by atoms with E-state index in [9.17, 15) is 0 Å². The fourth-order valence-corrected chi connectivity index (χ4v) is 3.85. The highest BCUT2D eigenvalue weighted by atomic mass is 32.2. The Kier molecular flexibility index (Phi) is 7.59. The molecule has 0 radical (unpaired) electrons. The molecule has 0 unspecified atom stereocenters. The number of thioether (sulfide) groups is 1. The number of unbranched alkanes of at least 4 members (excludes halogenated alkanes) is 1. The van der Waals surface area contributed by atoms with Crippen molar-refractivity contribution in [3.63, 3.8) is 0 Å². The first-order valence-corrected chi connectivity index (χ1v) is 10.6. The molecule has 0 aliphatic heterocycles. The van der Waals surface area contributed by atoms with Gasteiger partial charge in [-0.1, -0.05) is 92.2 Å². The lowest BCUT2D eigenvalue weighted by Crippen LogP contribution is -1.91. The minimum absolute atomic E-state index is 0.979. The van der Waals surface area contributed by atoms with Gasteiger partial charge in [-0.2, -0.15) is 0 Å². The van der Waals surface area contributed by atoms with Gasteiger partial charge in [-0.15, -0.1) is 17.5 Å². The standard InChI is InChI=1S/C26H26S/c1-2-3-13-22(21-27-25-18-11-6-12-19-25)20-26(23-14-7-4-8-15-23)24-16-9-5-10-17-24/h4-12,14-19H,2-3,13,21H2,1H3. The fraction of sp³-hybridized carbons (Fsp3) is 0.192. The average molecular weight is 371 g/mol. The van der Waals surface area contributed by atoms with Gasteiger partial charge in [0.2, 0.25) is 0 Å². The van der Waals surface area contributed by atoms with E-state index in [0.717, 1.165) is 12.2 Å². The van der Waals surface area contributed by atoms with Crippen molar-refractivity contribution in [2.45, 2.75) is 31.1 Å². The largest absolute Gasteiger partial charge is 0.121 e. The van der Waals surface area contributed by atoms with Gasteiger partial charge >= 0.3 is 0 Å². The molecular weight excluding hydrogens is 344 g/mol. The molecule has 27 heavy (non-hydrogen) atoms. The van der Waals surface area contributed by atoms with Crippen molar-refractivity contribution in [3.8, 4) is 0 Å². The maximum atomic E-state index is 3.80. The third-order valence-electron chi connectivity index (χ3n) is 4.42. The molecule has 0 spiro atoms. The van der Waals surface area contributed by atoms with Gasteiger partial charge in [0.1, 0.15) is 0 Å². The summed E-state index contributed by atoms with van der Waals surface area (Å²) in [6.45, 7) is 2.25. The lowest BCUT2D eigenvalue weighted by atomic mass is 9.97. The smallest absolute Gasteiger partial charge is 0.0309 e. The molecule has 0 saturated heterocycles. The molecule has 1 heteroatoms. The Hall–Kier alpha value is -2.47. The van der Waals surface area contributed by atoms with Gasteiger partial charge in [-0.05, 0) is 41.7 Å². The molecule has 0 nitrogen and oxygen atoms in total. The quantitative estimate of drug-likeness (QED) is 0.290. The van der Waals surface area contributed by atoms with E-state index in [-0.39, 0.29) is 0 Å². The van der Waals surface area contributed by atoms with Crippen molar-refractivity contribution in [1.29, 1.82) is 0 Å². The van der Waals surface area contributed by atoms with Crippen LogP contribution in [0.15, 0.2) is 107 Å². The van der Waals surface area contributed by atoms with Crippen molar-refractivity contribution in [2.24, 2.45) is 0 Å². The molecule has 0 bridgehead atoms. The van der Waals surface area contributed by atoms with Crippen LogP contribution in [0.1, 0.15) is 37.3 Å². The number of benzene rings is 3. The van der Waals surface area contributed by atoms with Crippen molar-refractivity contribution in [1.82, 2.24) is 0 Å². The molecule has 3 aromatic rings. The van der Waals surface area contributed by atoms with Crippen LogP contribution in [0.4, 0.5) is 0 Å². The van der Waals surface area contributed by atoms with Crippen molar-refractivity contribution in [2.75, 3.05) is 5.75 Å². The van der Waals surface area contributed by atoms with Gasteiger partial charge in [0.05, 0.1) is 0 Å². The van der Waals surface area contributed by atoms with Crippen LogP contribution in [-0.4, -0.2) is 5.75 Å². The molecule has 0 aromatic heterocycles. The monoisotopic (exact) mass is 370 g/mol. The van der Waals surface area contributed by atoms with E-state index in [2.05, 4.69) is 104 Å². The summed E-state index contributed by atoms with van der Waals surface area (Å²) in [5, 5.41) is 0. The Bertz CT molecular complexity index is 832. The van der Waals surface area contributed by atoms with Gasteiger partial charge in [0.15, 0.2) is 0 Å². The summed E-state index contributed by atoms with van der Waals surface area (Å²) in [5.74, 6) is 0.979. The van der Waals surface area contributed by atoms with Gasteiger partial charge in [0.25, 0.3) is 0 Å². The van der Waals surface area contributed by atoms with E-state index in [1.54, 1.807) is 0 Å². The Labute approximate surface area is 167 Å². The van der Waals surface area contributed by atoms with Gasteiger partial charge in [-0.25, -0.2) is 0 Å². The Morgan fingerprint density at radius 2 is 1.26 bits per heavy atom. The second-order valence-electron chi connectivity index (χ2n) is 6.54. The van der Waals surface area contributed by atoms with Gasteiger partial charge < -0.3 is 0 Å². The minimum atomic E-state index is 0.979. The van der Waals surface area contributed by atoms with Crippen LogP contribution in [0.25, 0.3) is 5.57 Å². The van der Waals surface area contributed by atoms with Crippen LogP contribution in [0.2, 0.25) is 0 Å². The highest BCUT2D eigenvalue weighted by Crippen LogP contribution is 2.26. The van der Waals surface area contributed by atoms with Crippen LogP contribution in [-0.2, 0) is 0 Å². The predicted molar refractivity (Wildman–Crippen MR) is 119 cm³/mol. The zero-order valence-corrected chi connectivity index (χ0v) is 16.7. The second kappa shape index (κ2) is 10.6. The molecular formula is C26H26S.